The lowest BCUT2D eigenvalue weighted by atomic mass is 10.1. The molecular weight excluding hydrogens is 215 g/mol. The number of hydrogen-bond acceptors (Lipinski definition) is 2. The zero-order valence-electron chi connectivity index (χ0n) is 9.92. The molecule has 2 aromatic carbocycles. The van der Waals surface area contributed by atoms with Gasteiger partial charge in [0.05, 0.1) is 0 Å². The van der Waals surface area contributed by atoms with Gasteiger partial charge in [-0.15, -0.1) is 0 Å². The van der Waals surface area contributed by atoms with Crippen LogP contribution in [0.25, 0.3) is 0 Å². The van der Waals surface area contributed by atoms with Crippen LogP contribution in [-0.4, -0.2) is 0 Å². The second-order valence-electron chi connectivity index (χ2n) is 4.16. The molecule has 0 atom stereocenters. The molecule has 0 spiro atoms. The molecule has 0 aliphatic heterocycles. The zero-order chi connectivity index (χ0) is 12.4. The normalized spacial score (nSPS) is 10.3. The van der Waals surface area contributed by atoms with Gasteiger partial charge in [-0.05, 0) is 61.4 Å². The molecule has 0 aliphatic carbocycles. The average molecular weight is 230 g/mol. The highest BCUT2D eigenvalue weighted by Crippen LogP contribution is 2.24. The van der Waals surface area contributed by atoms with Crippen LogP contribution in [0.3, 0.4) is 0 Å². The van der Waals surface area contributed by atoms with E-state index in [1.54, 1.807) is 6.07 Å². The number of anilines is 3. The predicted molar refractivity (Wildman–Crippen MR) is 70.0 cm³/mol. The SMILES string of the molecule is Cc1cc(N)ccc1Nc1ccc(F)cc1C. The molecule has 88 valence electrons. The molecule has 0 radical (unpaired) electrons. The van der Waals surface area contributed by atoms with Gasteiger partial charge in [0, 0.05) is 17.1 Å². The third-order valence-electron chi connectivity index (χ3n) is 2.71. The van der Waals surface area contributed by atoms with Crippen LogP contribution in [0.4, 0.5) is 21.5 Å². The Labute approximate surface area is 100 Å². The minimum Gasteiger partial charge on any atom is -0.399 e. The highest BCUT2D eigenvalue weighted by Gasteiger charge is 2.03. The number of hydrogen-bond donors (Lipinski definition) is 2. The Kier molecular flexibility index (Phi) is 3.00. The molecule has 2 nitrogen and oxygen atoms in total. The molecule has 2 rings (SSSR count). The summed E-state index contributed by atoms with van der Waals surface area (Å²) in [5.41, 5.74) is 10.3. The number of halogens is 1. The Morgan fingerprint density at radius 2 is 1.53 bits per heavy atom. The van der Waals surface area contributed by atoms with E-state index in [-0.39, 0.29) is 5.82 Å². The van der Waals surface area contributed by atoms with Crippen molar-refractivity contribution >= 4 is 17.1 Å². The Bertz CT molecular complexity index is 500. The predicted octanol–water partition coefficient (Wildman–Crippen LogP) is 3.77. The standard InChI is InChI=1S/C14H15FN2/c1-9-7-11(15)3-5-13(9)17-14-6-4-12(16)8-10(14)2/h3-8,17H,16H2,1-2H3. The van der Waals surface area contributed by atoms with Gasteiger partial charge in [-0.2, -0.15) is 0 Å². The number of aryl methyl sites for hydroxylation is 2. The molecule has 2 aromatic rings. The molecule has 0 unspecified atom stereocenters. The average Bonchev–Trinajstić information content (AvgIpc) is 2.25. The van der Waals surface area contributed by atoms with Crippen molar-refractivity contribution in [3.8, 4) is 0 Å². The number of nitrogen functional groups attached to an aromatic ring is 1. The van der Waals surface area contributed by atoms with Crippen LogP contribution in [0.15, 0.2) is 36.4 Å². The second kappa shape index (κ2) is 4.45. The molecule has 0 heterocycles. The van der Waals surface area contributed by atoms with Gasteiger partial charge >= 0.3 is 0 Å². The molecule has 0 saturated carbocycles. The van der Waals surface area contributed by atoms with Crippen molar-refractivity contribution < 1.29 is 4.39 Å². The van der Waals surface area contributed by atoms with Gasteiger partial charge in [-0.1, -0.05) is 0 Å². The van der Waals surface area contributed by atoms with Gasteiger partial charge in [-0.3, -0.25) is 0 Å². The second-order valence-corrected chi connectivity index (χ2v) is 4.16. The Hall–Kier alpha value is -2.03. The van der Waals surface area contributed by atoms with Crippen molar-refractivity contribution in [3.05, 3.63) is 53.3 Å². The molecule has 17 heavy (non-hydrogen) atoms. The first kappa shape index (κ1) is 11.5. The first-order valence-corrected chi connectivity index (χ1v) is 5.45. The fourth-order valence-corrected chi connectivity index (χ4v) is 1.74. The van der Waals surface area contributed by atoms with Gasteiger partial charge in [0.25, 0.3) is 0 Å². The Morgan fingerprint density at radius 3 is 2.12 bits per heavy atom. The van der Waals surface area contributed by atoms with E-state index in [0.717, 1.165) is 28.2 Å². The van der Waals surface area contributed by atoms with E-state index in [9.17, 15) is 4.39 Å². The van der Waals surface area contributed by atoms with Crippen molar-refractivity contribution in [2.45, 2.75) is 13.8 Å². The molecule has 0 bridgehead atoms. The van der Waals surface area contributed by atoms with E-state index in [1.807, 2.05) is 32.0 Å². The van der Waals surface area contributed by atoms with E-state index < -0.39 is 0 Å². The summed E-state index contributed by atoms with van der Waals surface area (Å²) in [7, 11) is 0. The van der Waals surface area contributed by atoms with Gasteiger partial charge in [0.2, 0.25) is 0 Å². The molecule has 3 N–H and O–H groups in total. The van der Waals surface area contributed by atoms with Crippen LogP contribution >= 0.6 is 0 Å². The zero-order valence-corrected chi connectivity index (χ0v) is 9.92. The lowest BCUT2D eigenvalue weighted by Crippen LogP contribution is -1.97. The van der Waals surface area contributed by atoms with Crippen molar-refractivity contribution in [3.63, 3.8) is 0 Å². The molecular formula is C14H15FN2. The maximum absolute atomic E-state index is 13.0. The Morgan fingerprint density at radius 1 is 0.941 bits per heavy atom. The molecule has 0 fully saturated rings. The van der Waals surface area contributed by atoms with Crippen LogP contribution in [0.1, 0.15) is 11.1 Å². The minimum atomic E-state index is -0.220. The van der Waals surface area contributed by atoms with Crippen molar-refractivity contribution in [2.24, 2.45) is 0 Å². The molecule has 0 aliphatic rings. The third kappa shape index (κ3) is 2.56. The highest BCUT2D eigenvalue weighted by molar-refractivity contribution is 5.67. The van der Waals surface area contributed by atoms with Crippen molar-refractivity contribution in [1.29, 1.82) is 0 Å². The number of nitrogens with one attached hydrogen (secondary N) is 1. The van der Waals surface area contributed by atoms with E-state index in [2.05, 4.69) is 5.32 Å². The van der Waals surface area contributed by atoms with Gasteiger partial charge < -0.3 is 11.1 Å². The summed E-state index contributed by atoms with van der Waals surface area (Å²) >= 11 is 0. The monoisotopic (exact) mass is 230 g/mol. The molecule has 0 saturated heterocycles. The van der Waals surface area contributed by atoms with Gasteiger partial charge in [-0.25, -0.2) is 4.39 Å². The topological polar surface area (TPSA) is 38.0 Å². The highest BCUT2D eigenvalue weighted by atomic mass is 19.1. The lowest BCUT2D eigenvalue weighted by molar-refractivity contribution is 0.627. The van der Waals surface area contributed by atoms with E-state index >= 15 is 0 Å². The lowest BCUT2D eigenvalue weighted by Gasteiger charge is -2.12. The number of benzene rings is 2. The summed E-state index contributed by atoms with van der Waals surface area (Å²) in [6, 6.07) is 10.4. The van der Waals surface area contributed by atoms with Crippen LogP contribution in [0, 0.1) is 19.7 Å². The van der Waals surface area contributed by atoms with Crippen molar-refractivity contribution in [2.75, 3.05) is 11.1 Å². The molecule has 3 heteroatoms. The first-order valence-electron chi connectivity index (χ1n) is 5.45. The fraction of sp³-hybridized carbons (Fsp3) is 0.143. The van der Waals surface area contributed by atoms with Crippen LogP contribution in [0.2, 0.25) is 0 Å². The summed E-state index contributed by atoms with van der Waals surface area (Å²) in [5, 5.41) is 3.27. The van der Waals surface area contributed by atoms with E-state index in [4.69, 9.17) is 5.73 Å². The summed E-state index contributed by atoms with van der Waals surface area (Å²) in [5.74, 6) is -0.220. The fourth-order valence-electron chi connectivity index (χ4n) is 1.74. The number of rotatable bonds is 2. The smallest absolute Gasteiger partial charge is 0.123 e. The summed E-state index contributed by atoms with van der Waals surface area (Å²) < 4.78 is 13.0. The maximum atomic E-state index is 13.0. The summed E-state index contributed by atoms with van der Waals surface area (Å²) in [4.78, 5) is 0. The molecule has 0 aromatic heterocycles. The molecule has 0 amide bonds. The maximum Gasteiger partial charge on any atom is 0.123 e. The Balaban J connectivity index is 2.31. The quantitative estimate of drug-likeness (QED) is 0.771. The van der Waals surface area contributed by atoms with Crippen LogP contribution in [-0.2, 0) is 0 Å². The van der Waals surface area contributed by atoms with Crippen LogP contribution < -0.4 is 11.1 Å². The van der Waals surface area contributed by atoms with Crippen molar-refractivity contribution in [1.82, 2.24) is 0 Å². The van der Waals surface area contributed by atoms with E-state index in [0.29, 0.717) is 0 Å². The van der Waals surface area contributed by atoms with Crippen LogP contribution in [0.5, 0.6) is 0 Å². The van der Waals surface area contributed by atoms with Gasteiger partial charge in [0.15, 0.2) is 0 Å². The summed E-state index contributed by atoms with van der Waals surface area (Å²) in [6.07, 6.45) is 0. The summed E-state index contributed by atoms with van der Waals surface area (Å²) in [6.45, 7) is 3.86. The number of nitrogens with two attached hydrogens (primary N) is 1. The van der Waals surface area contributed by atoms with Gasteiger partial charge in [0.1, 0.15) is 5.82 Å². The van der Waals surface area contributed by atoms with E-state index in [1.165, 1.54) is 12.1 Å². The minimum absolute atomic E-state index is 0.220. The third-order valence-corrected chi connectivity index (χ3v) is 2.71. The first-order chi connectivity index (χ1) is 8.06. The largest absolute Gasteiger partial charge is 0.399 e.